The van der Waals surface area contributed by atoms with Crippen molar-refractivity contribution in [1.82, 2.24) is 9.80 Å². The van der Waals surface area contributed by atoms with Crippen LogP contribution in [-0.2, 0) is 15.7 Å². The maximum Gasteiger partial charge on any atom is 0.417 e. The third-order valence-corrected chi connectivity index (χ3v) is 9.87. The van der Waals surface area contributed by atoms with E-state index in [1.165, 1.54) is 29.2 Å². The molecule has 0 N–H and O–H groups in total. The van der Waals surface area contributed by atoms with E-state index in [1.807, 2.05) is 44.4 Å². The van der Waals surface area contributed by atoms with Gasteiger partial charge < -0.3 is 19.3 Å². The van der Waals surface area contributed by atoms with Crippen molar-refractivity contribution in [3.8, 4) is 10.4 Å². The molecule has 1 aromatic heterocycles. The van der Waals surface area contributed by atoms with Crippen molar-refractivity contribution in [2.24, 2.45) is 4.99 Å². The smallest absolute Gasteiger partial charge is 0.417 e. The third-order valence-electron chi connectivity index (χ3n) is 7.34. The van der Waals surface area contributed by atoms with E-state index >= 15 is 0 Å². The van der Waals surface area contributed by atoms with Crippen LogP contribution >= 0.6 is 34.7 Å². The van der Waals surface area contributed by atoms with Gasteiger partial charge in [-0.05, 0) is 46.8 Å². The Bertz CT molecular complexity index is 1430. The van der Waals surface area contributed by atoms with E-state index < -0.39 is 23.4 Å². The molecule has 7 nitrogen and oxygen atoms in total. The van der Waals surface area contributed by atoms with Gasteiger partial charge in [0, 0.05) is 52.2 Å². The van der Waals surface area contributed by atoms with Crippen LogP contribution in [-0.4, -0.2) is 78.0 Å². The topological polar surface area (TPSA) is 57.6 Å². The van der Waals surface area contributed by atoms with Crippen molar-refractivity contribution in [2.75, 3.05) is 37.5 Å². The van der Waals surface area contributed by atoms with E-state index in [4.69, 9.17) is 26.1 Å². The van der Waals surface area contributed by atoms with Crippen molar-refractivity contribution in [1.29, 1.82) is 0 Å². The van der Waals surface area contributed by atoms with Gasteiger partial charge >= 0.3 is 12.3 Å². The first-order chi connectivity index (χ1) is 19.6. The maximum atomic E-state index is 14.8. The highest BCUT2D eigenvalue weighted by Crippen LogP contribution is 2.54. The summed E-state index contributed by atoms with van der Waals surface area (Å²) < 4.78 is 55.5. The molecule has 1 fully saturated rings. The van der Waals surface area contributed by atoms with Gasteiger partial charge in [0.15, 0.2) is 0 Å². The van der Waals surface area contributed by atoms with Crippen LogP contribution in [0.25, 0.3) is 10.4 Å². The molecule has 0 radical (unpaired) electrons. The highest BCUT2D eigenvalue weighted by atomic mass is 35.5. The molecule has 0 saturated carbocycles. The average Bonchev–Trinajstić information content (AvgIpc) is 3.29. The number of carbonyl (C=O) groups is 1. The van der Waals surface area contributed by atoms with Gasteiger partial charge in [-0.3, -0.25) is 4.90 Å². The summed E-state index contributed by atoms with van der Waals surface area (Å²) in [6.07, 6.45) is -5.04. The largest absolute Gasteiger partial charge is 0.444 e. The van der Waals surface area contributed by atoms with E-state index in [1.54, 1.807) is 23.5 Å². The number of aliphatic imine (C=N–C) groups is 1. The summed E-state index contributed by atoms with van der Waals surface area (Å²) in [5, 5.41) is 2.03. The maximum absolute atomic E-state index is 14.8. The molecule has 13 heteroatoms. The number of methoxy groups -OCH3 is 1. The first-order valence-electron chi connectivity index (χ1n) is 13.6. The molecule has 0 aliphatic carbocycles. The number of halogens is 4. The molecule has 3 atom stereocenters. The number of thioether (sulfide) groups is 1. The third kappa shape index (κ3) is 5.75. The molecular weight excluding hydrogens is 609 g/mol. The van der Waals surface area contributed by atoms with E-state index in [2.05, 4.69) is 6.58 Å². The number of amidine groups is 1. The first-order valence-corrected chi connectivity index (χ1v) is 15.8. The van der Waals surface area contributed by atoms with E-state index in [9.17, 15) is 18.0 Å². The molecule has 1 saturated heterocycles. The Morgan fingerprint density at radius 2 is 1.86 bits per heavy atom. The van der Waals surface area contributed by atoms with Crippen molar-refractivity contribution in [3.63, 3.8) is 0 Å². The van der Waals surface area contributed by atoms with E-state index in [0.717, 1.165) is 0 Å². The predicted molar refractivity (Wildman–Crippen MR) is 163 cm³/mol. The first kappa shape index (κ1) is 31.0. The van der Waals surface area contributed by atoms with Crippen LogP contribution in [0.5, 0.6) is 0 Å². The zero-order valence-corrected chi connectivity index (χ0v) is 26.7. The number of anilines is 1. The van der Waals surface area contributed by atoms with Gasteiger partial charge in [-0.15, -0.1) is 23.1 Å². The number of rotatable bonds is 3. The second-order valence-corrected chi connectivity index (χ2v) is 14.2. The van der Waals surface area contributed by atoms with Crippen molar-refractivity contribution >= 4 is 52.3 Å². The number of benzene rings is 1. The van der Waals surface area contributed by atoms with Crippen LogP contribution < -0.4 is 4.90 Å². The molecule has 0 bridgehead atoms. The van der Waals surface area contributed by atoms with Crippen molar-refractivity contribution in [2.45, 2.75) is 69.4 Å². The van der Waals surface area contributed by atoms with Crippen molar-refractivity contribution in [3.05, 3.63) is 46.1 Å². The fraction of sp³-hybridized carbons (Fsp3) is 0.517. The summed E-state index contributed by atoms with van der Waals surface area (Å²) in [6.45, 7) is 14.6. The molecule has 2 aromatic rings. The lowest BCUT2D eigenvalue weighted by atomic mass is 9.95. The quantitative estimate of drug-likeness (QED) is 0.344. The number of hydrogen-bond donors (Lipinski definition) is 0. The Morgan fingerprint density at radius 3 is 2.40 bits per heavy atom. The van der Waals surface area contributed by atoms with Crippen LogP contribution in [0, 0.1) is 0 Å². The predicted octanol–water partition coefficient (Wildman–Crippen LogP) is 7.58. The average molecular weight is 643 g/mol. The summed E-state index contributed by atoms with van der Waals surface area (Å²) in [7, 11) is 1.60. The van der Waals surface area contributed by atoms with Gasteiger partial charge in [0.1, 0.15) is 17.3 Å². The zero-order valence-electron chi connectivity index (χ0n) is 24.3. The van der Waals surface area contributed by atoms with Crippen LogP contribution in [0.2, 0.25) is 5.02 Å². The van der Waals surface area contributed by atoms with E-state index in [-0.39, 0.29) is 23.7 Å². The van der Waals surface area contributed by atoms with Gasteiger partial charge in [-0.1, -0.05) is 18.2 Å². The monoisotopic (exact) mass is 642 g/mol. The van der Waals surface area contributed by atoms with Crippen LogP contribution in [0.3, 0.4) is 0 Å². The molecule has 1 amide bonds. The van der Waals surface area contributed by atoms with Gasteiger partial charge in [0.05, 0.1) is 41.0 Å². The van der Waals surface area contributed by atoms with E-state index in [0.29, 0.717) is 63.2 Å². The molecule has 5 rings (SSSR count). The molecule has 0 spiro atoms. The van der Waals surface area contributed by atoms with Gasteiger partial charge in [0.2, 0.25) is 0 Å². The van der Waals surface area contributed by atoms with Crippen molar-refractivity contribution < 1.29 is 27.4 Å². The summed E-state index contributed by atoms with van der Waals surface area (Å²) in [5.74, 6) is 1.35. The van der Waals surface area contributed by atoms with Crippen LogP contribution in [0.4, 0.5) is 23.7 Å². The molecule has 42 heavy (non-hydrogen) atoms. The second kappa shape index (κ2) is 11.3. The van der Waals surface area contributed by atoms with Gasteiger partial charge in [-0.2, -0.15) is 13.2 Å². The van der Waals surface area contributed by atoms with Crippen LogP contribution in [0.1, 0.15) is 45.7 Å². The minimum Gasteiger partial charge on any atom is -0.444 e. The fourth-order valence-corrected chi connectivity index (χ4v) is 8.37. The number of amides is 1. The number of thiophene rings is 1. The normalized spacial score (nSPS) is 22.7. The minimum absolute atomic E-state index is 0.120. The Labute approximate surface area is 257 Å². The minimum atomic E-state index is -4.62. The number of carbonyl (C=O) groups excluding carboxylic acids is 1. The molecule has 0 unspecified atom stereocenters. The Morgan fingerprint density at radius 1 is 1.19 bits per heavy atom. The highest BCUT2D eigenvalue weighted by Gasteiger charge is 2.45. The highest BCUT2D eigenvalue weighted by molar-refractivity contribution is 7.99. The summed E-state index contributed by atoms with van der Waals surface area (Å²) in [6, 6.07) is 2.07. The Hall–Kier alpha value is -2.41. The molecular formula is C29H34ClF3N4O3S2. The summed E-state index contributed by atoms with van der Waals surface area (Å²) in [5.41, 5.74) is -0.240. The lowest BCUT2D eigenvalue weighted by molar-refractivity contribution is -0.137. The zero-order chi connectivity index (χ0) is 30.7. The van der Waals surface area contributed by atoms with Crippen LogP contribution in [0.15, 0.2) is 39.8 Å². The SMILES string of the molecule is C=C1N=C(N2C[C@@H](C)N(C(=O)OC(C)(C)C)[C@@H](C)C2)c2cc(C(F)(F)F)c(-c3cc(Cl)cs3)c3c2N1[C@@H](COC)CS3. The van der Waals surface area contributed by atoms with Gasteiger partial charge in [0.25, 0.3) is 0 Å². The lowest BCUT2D eigenvalue weighted by Crippen LogP contribution is -2.61. The molecule has 1 aromatic carbocycles. The second-order valence-electron chi connectivity index (χ2n) is 11.8. The lowest BCUT2D eigenvalue weighted by Gasteiger charge is -2.48. The number of ether oxygens (including phenoxy) is 2. The molecule has 4 heterocycles. The Balaban J connectivity index is 1.64. The standard InChI is InChI=1S/C29H34ClF3N4O3S2/c1-15-10-35(11-16(2)36(15)27(38)40-28(4,5)6)26-20-9-21(29(31,32)33)23(22-8-18(30)13-41-22)25-24(20)37(17(3)34-26)19(12-39-7)14-42-25/h8-9,13,15-16,19H,3,10-12,14H2,1-2,4-7H3/t15-,16+,19-/m0/s1. The fourth-order valence-electron chi connectivity index (χ4n) is 5.85. The Kier molecular flexibility index (Phi) is 8.32. The number of hydrogen-bond acceptors (Lipinski definition) is 8. The molecule has 228 valence electrons. The summed E-state index contributed by atoms with van der Waals surface area (Å²) in [4.78, 5) is 24.4. The molecule has 3 aliphatic rings. The number of nitrogens with zero attached hydrogens (tertiary/aromatic N) is 4. The van der Waals surface area contributed by atoms with Gasteiger partial charge in [-0.25, -0.2) is 9.79 Å². The number of alkyl halides is 3. The number of piperazine rings is 1. The molecule has 3 aliphatic heterocycles. The summed E-state index contributed by atoms with van der Waals surface area (Å²) >= 11 is 8.76.